The van der Waals surface area contributed by atoms with Crippen molar-refractivity contribution in [3.63, 3.8) is 0 Å². The maximum absolute atomic E-state index is 5.69. The van der Waals surface area contributed by atoms with Crippen molar-refractivity contribution < 1.29 is 9.90 Å². The van der Waals surface area contributed by atoms with Crippen LogP contribution in [-0.4, -0.2) is 18.2 Å². The van der Waals surface area contributed by atoms with Crippen molar-refractivity contribution in [2.24, 2.45) is 0 Å². The van der Waals surface area contributed by atoms with Crippen LogP contribution >= 0.6 is 0 Å². The lowest BCUT2D eigenvalue weighted by atomic mass is 10.3. The number of hydrogen-bond donors (Lipinski definition) is 1. The van der Waals surface area contributed by atoms with Gasteiger partial charge in [0.15, 0.2) is 0 Å². The Bertz CT molecular complexity index is 91.7. The van der Waals surface area contributed by atoms with E-state index < -0.39 is 0 Å². The molecule has 0 aliphatic rings. The van der Waals surface area contributed by atoms with E-state index in [1.165, 1.54) is 5.06 Å². The Morgan fingerprint density at radius 2 is 1.18 bits per heavy atom. The molecule has 0 atom stereocenters. The monoisotopic (exact) mass is 160 g/mol. The quantitative estimate of drug-likeness (QED) is 0.606. The molecule has 2 heteroatoms. The van der Waals surface area contributed by atoms with E-state index in [2.05, 4.69) is 41.5 Å². The fourth-order valence-corrected chi connectivity index (χ4v) is 1.21. The van der Waals surface area contributed by atoms with Gasteiger partial charge in [-0.15, -0.1) is 0 Å². The summed E-state index contributed by atoms with van der Waals surface area (Å²) < 4.78 is 0. The molecule has 68 valence electrons. The number of hydroxylamine groups is 2. The highest BCUT2D eigenvalue weighted by Gasteiger charge is 2.19. The van der Waals surface area contributed by atoms with Gasteiger partial charge in [0.1, 0.15) is 18.2 Å². The van der Waals surface area contributed by atoms with Crippen molar-refractivity contribution in [2.75, 3.05) is 0 Å². The molecule has 0 aromatic carbocycles. The zero-order valence-electron chi connectivity index (χ0n) is 8.64. The third kappa shape index (κ3) is 4.38. The zero-order chi connectivity index (χ0) is 9.02. The minimum absolute atomic E-state index is 0.315. The largest absolute Gasteiger partial charge is 0.202 e. The summed E-state index contributed by atoms with van der Waals surface area (Å²) >= 11 is 0. The molecule has 0 aromatic rings. The number of rotatable bonds is 4. The van der Waals surface area contributed by atoms with Gasteiger partial charge >= 0.3 is 0 Å². The topological polar surface area (TPSA) is 13.7 Å². The minimum atomic E-state index is 0.315. The van der Waals surface area contributed by atoms with Crippen molar-refractivity contribution in [1.82, 2.24) is 0 Å². The van der Waals surface area contributed by atoms with Gasteiger partial charge in [0, 0.05) is 0 Å². The molecule has 0 bridgehead atoms. The lowest BCUT2D eigenvalue weighted by molar-refractivity contribution is -1.13. The predicted molar refractivity (Wildman–Crippen MR) is 47.5 cm³/mol. The summed E-state index contributed by atoms with van der Waals surface area (Å²) in [6.45, 7) is 12.9. The van der Waals surface area contributed by atoms with Crippen molar-refractivity contribution in [3.8, 4) is 0 Å². The van der Waals surface area contributed by atoms with E-state index in [0.717, 1.165) is 0 Å². The number of hydrogen-bond acceptors (Lipinski definition) is 1. The van der Waals surface area contributed by atoms with E-state index in [1.54, 1.807) is 0 Å². The van der Waals surface area contributed by atoms with Crippen LogP contribution in [0.3, 0.4) is 0 Å². The molecule has 11 heavy (non-hydrogen) atoms. The SMILES string of the molecule is CC(C)O[NH+](C(C)C)C(C)C. The maximum Gasteiger partial charge on any atom is 0.112 e. The Kier molecular flexibility index (Phi) is 4.69. The van der Waals surface area contributed by atoms with Crippen molar-refractivity contribution in [1.29, 1.82) is 0 Å². The normalized spacial score (nSPS) is 12.5. The van der Waals surface area contributed by atoms with Crippen LogP contribution in [0.4, 0.5) is 0 Å². The fourth-order valence-electron chi connectivity index (χ4n) is 1.21. The first-order valence-corrected chi connectivity index (χ1v) is 4.48. The van der Waals surface area contributed by atoms with E-state index >= 15 is 0 Å². The highest BCUT2D eigenvalue weighted by atomic mass is 16.7. The van der Waals surface area contributed by atoms with Crippen LogP contribution in [0.2, 0.25) is 0 Å². The van der Waals surface area contributed by atoms with Crippen molar-refractivity contribution >= 4 is 0 Å². The van der Waals surface area contributed by atoms with Crippen LogP contribution in [-0.2, 0) is 4.84 Å². The van der Waals surface area contributed by atoms with Crippen LogP contribution < -0.4 is 5.06 Å². The second kappa shape index (κ2) is 4.73. The lowest BCUT2D eigenvalue weighted by Gasteiger charge is -2.26. The van der Waals surface area contributed by atoms with Gasteiger partial charge in [0.25, 0.3) is 0 Å². The van der Waals surface area contributed by atoms with Gasteiger partial charge in [-0.3, -0.25) is 0 Å². The molecule has 0 saturated heterocycles. The van der Waals surface area contributed by atoms with E-state index in [9.17, 15) is 0 Å². The molecular weight excluding hydrogens is 138 g/mol. The molecule has 0 fully saturated rings. The summed E-state index contributed by atoms with van der Waals surface area (Å²) in [6, 6.07) is 1.08. The smallest absolute Gasteiger partial charge is 0.112 e. The molecule has 0 unspecified atom stereocenters. The Labute approximate surface area is 70.5 Å². The van der Waals surface area contributed by atoms with Gasteiger partial charge in [-0.2, -0.15) is 5.06 Å². The highest BCUT2D eigenvalue weighted by molar-refractivity contribution is 4.36. The Hall–Kier alpha value is -0.0800. The number of quaternary nitrogens is 1. The molecule has 0 aliphatic heterocycles. The average Bonchev–Trinajstić information content (AvgIpc) is 1.81. The molecule has 2 nitrogen and oxygen atoms in total. The van der Waals surface area contributed by atoms with Crippen LogP contribution in [0.25, 0.3) is 0 Å². The summed E-state index contributed by atoms with van der Waals surface area (Å²) in [4.78, 5) is 5.69. The summed E-state index contributed by atoms with van der Waals surface area (Å²) in [5, 5.41) is 1.22. The van der Waals surface area contributed by atoms with Gasteiger partial charge in [0.05, 0.1) is 0 Å². The van der Waals surface area contributed by atoms with Gasteiger partial charge in [0.2, 0.25) is 0 Å². The average molecular weight is 160 g/mol. The fraction of sp³-hybridized carbons (Fsp3) is 1.00. The molecule has 0 aliphatic carbocycles. The van der Waals surface area contributed by atoms with Gasteiger partial charge in [-0.1, -0.05) is 0 Å². The summed E-state index contributed by atoms with van der Waals surface area (Å²) in [7, 11) is 0. The Balaban J connectivity index is 3.90. The minimum Gasteiger partial charge on any atom is -0.202 e. The molecular formula is C9H22NO+. The summed E-state index contributed by atoms with van der Waals surface area (Å²) in [6.07, 6.45) is 0.315. The van der Waals surface area contributed by atoms with E-state index in [4.69, 9.17) is 4.84 Å². The molecule has 0 spiro atoms. The van der Waals surface area contributed by atoms with E-state index in [0.29, 0.717) is 18.2 Å². The second-order valence-electron chi connectivity index (χ2n) is 3.88. The van der Waals surface area contributed by atoms with Crippen LogP contribution in [0, 0.1) is 0 Å². The van der Waals surface area contributed by atoms with Crippen molar-refractivity contribution in [2.45, 2.75) is 59.7 Å². The third-order valence-corrected chi connectivity index (χ3v) is 1.51. The predicted octanol–water partition coefficient (Wildman–Crippen LogP) is 1.03. The first kappa shape index (κ1) is 10.9. The lowest BCUT2D eigenvalue weighted by Crippen LogP contribution is -3.17. The molecule has 0 aromatic heterocycles. The Morgan fingerprint density at radius 1 is 0.818 bits per heavy atom. The van der Waals surface area contributed by atoms with Gasteiger partial charge in [-0.25, -0.2) is 4.84 Å². The molecule has 0 saturated carbocycles. The first-order valence-electron chi connectivity index (χ1n) is 4.48. The summed E-state index contributed by atoms with van der Waals surface area (Å²) in [5.41, 5.74) is 0. The highest BCUT2D eigenvalue weighted by Crippen LogP contribution is 1.83. The second-order valence-corrected chi connectivity index (χ2v) is 3.88. The molecule has 1 N–H and O–H groups in total. The van der Waals surface area contributed by atoms with Gasteiger partial charge in [-0.05, 0) is 41.5 Å². The zero-order valence-corrected chi connectivity index (χ0v) is 8.64. The molecule has 0 amide bonds. The third-order valence-electron chi connectivity index (χ3n) is 1.51. The molecule has 0 heterocycles. The van der Waals surface area contributed by atoms with Crippen LogP contribution in [0.1, 0.15) is 41.5 Å². The van der Waals surface area contributed by atoms with Gasteiger partial charge < -0.3 is 0 Å². The maximum atomic E-state index is 5.69. The van der Waals surface area contributed by atoms with Crippen LogP contribution in [0.5, 0.6) is 0 Å². The first-order chi connectivity index (χ1) is 4.95. The molecule has 0 radical (unpaired) electrons. The Morgan fingerprint density at radius 3 is 1.27 bits per heavy atom. The molecule has 0 rings (SSSR count). The summed E-state index contributed by atoms with van der Waals surface area (Å²) in [5.74, 6) is 0. The number of nitrogens with one attached hydrogen (secondary N) is 1. The van der Waals surface area contributed by atoms with Crippen molar-refractivity contribution in [3.05, 3.63) is 0 Å². The van der Waals surface area contributed by atoms with E-state index in [-0.39, 0.29) is 0 Å². The van der Waals surface area contributed by atoms with Crippen LogP contribution in [0.15, 0.2) is 0 Å². The van der Waals surface area contributed by atoms with E-state index in [1.807, 2.05) is 0 Å². The standard InChI is InChI=1S/C9H21NO/c1-7(2)10(8(3)4)11-9(5)6/h7-9H,1-6H3/p+1.